The molecule has 7 rings (SSSR count). The Balaban J connectivity index is 1.49. The van der Waals surface area contributed by atoms with Crippen molar-refractivity contribution in [1.82, 2.24) is 20.6 Å². The third-order valence-corrected chi connectivity index (χ3v) is 8.92. The van der Waals surface area contributed by atoms with Crippen LogP contribution in [-0.2, 0) is 28.0 Å². The lowest BCUT2D eigenvalue weighted by Crippen LogP contribution is -2.52. The predicted octanol–water partition coefficient (Wildman–Crippen LogP) is 3.31. The highest BCUT2D eigenvalue weighted by molar-refractivity contribution is 5.90. The number of rotatable bonds is 6. The molecule has 13 heteroatoms. The van der Waals surface area contributed by atoms with Crippen LogP contribution in [0, 0.1) is 17.7 Å². The molecule has 3 aliphatic heterocycles. The van der Waals surface area contributed by atoms with Gasteiger partial charge in [-0.3, -0.25) is 9.59 Å². The molecule has 2 aromatic carbocycles. The molecule has 4 aromatic rings. The first-order valence-electron chi connectivity index (χ1n) is 15.2. The van der Waals surface area contributed by atoms with Gasteiger partial charge in [0.05, 0.1) is 6.61 Å². The molecule has 0 saturated heterocycles. The summed E-state index contributed by atoms with van der Waals surface area (Å²) in [7, 11) is 0. The second-order valence-corrected chi connectivity index (χ2v) is 12.7. The molecule has 240 valence electrons. The molecule has 2 aromatic heterocycles. The van der Waals surface area contributed by atoms with Crippen molar-refractivity contribution in [2.75, 3.05) is 5.32 Å². The van der Waals surface area contributed by atoms with E-state index in [1.807, 2.05) is 19.9 Å². The molecule has 5 unspecified atom stereocenters. The molecule has 5 atom stereocenters. The summed E-state index contributed by atoms with van der Waals surface area (Å²) in [4.78, 5) is 36.2. The lowest BCUT2D eigenvalue weighted by atomic mass is 9.72. The molecular formula is C33H34FN5O7. The van der Waals surface area contributed by atoms with Crippen LogP contribution in [0.5, 0.6) is 5.75 Å². The fraction of sp³-hybridized carbons (Fsp3) is 0.394. The molecular weight excluding hydrogens is 597 g/mol. The zero-order chi connectivity index (χ0) is 32.5. The number of benzene rings is 2. The largest absolute Gasteiger partial charge is 0.469 e. The number of nitrogens with zero attached hydrogens (tertiary/aromatic N) is 2. The summed E-state index contributed by atoms with van der Waals surface area (Å²) in [6.45, 7) is 6.82. The van der Waals surface area contributed by atoms with E-state index in [1.165, 1.54) is 18.4 Å². The van der Waals surface area contributed by atoms with Gasteiger partial charge in [0, 0.05) is 23.2 Å². The molecule has 0 radical (unpaired) electrons. The molecule has 3 aliphatic rings. The Morgan fingerprint density at radius 3 is 2.65 bits per heavy atom. The zero-order valence-electron chi connectivity index (χ0n) is 25.6. The van der Waals surface area contributed by atoms with Crippen LogP contribution >= 0.6 is 0 Å². The number of carbonyl (C=O) groups is 2. The van der Waals surface area contributed by atoms with Gasteiger partial charge in [-0.25, -0.2) is 14.4 Å². The van der Waals surface area contributed by atoms with Crippen LogP contribution in [0.3, 0.4) is 0 Å². The minimum Gasteiger partial charge on any atom is -0.469 e. The van der Waals surface area contributed by atoms with Gasteiger partial charge in [0.2, 0.25) is 23.6 Å². The smallest absolute Gasteiger partial charge is 0.249 e. The van der Waals surface area contributed by atoms with Gasteiger partial charge in [0.1, 0.15) is 47.1 Å². The van der Waals surface area contributed by atoms with E-state index in [0.717, 1.165) is 0 Å². The number of aromatic nitrogens is 2. The monoisotopic (exact) mass is 631 g/mol. The summed E-state index contributed by atoms with van der Waals surface area (Å²) in [5.74, 6) is -1.29. The van der Waals surface area contributed by atoms with E-state index < -0.39 is 47.5 Å². The average molecular weight is 632 g/mol. The minimum absolute atomic E-state index is 0.0631. The average Bonchev–Trinajstić information content (AvgIpc) is 3.79. The normalized spacial score (nSPS) is 23.5. The molecule has 12 nitrogen and oxygen atoms in total. The molecule has 0 fully saturated rings. The maximum absolute atomic E-state index is 15.1. The van der Waals surface area contributed by atoms with Crippen LogP contribution in [0.4, 0.5) is 10.1 Å². The molecule has 1 spiro atoms. The van der Waals surface area contributed by atoms with E-state index in [-0.39, 0.29) is 53.8 Å². The number of fused-ring (bicyclic) bond motifs is 4. The van der Waals surface area contributed by atoms with Crippen molar-refractivity contribution in [3.63, 3.8) is 0 Å². The Morgan fingerprint density at radius 2 is 1.93 bits per heavy atom. The van der Waals surface area contributed by atoms with Crippen LogP contribution in [0.15, 0.2) is 51.5 Å². The van der Waals surface area contributed by atoms with Gasteiger partial charge >= 0.3 is 0 Å². The molecule has 0 saturated carbocycles. The van der Waals surface area contributed by atoms with Gasteiger partial charge in [-0.1, -0.05) is 39.8 Å². The van der Waals surface area contributed by atoms with Gasteiger partial charge in [0.25, 0.3) is 0 Å². The Bertz CT molecular complexity index is 1850. The number of anilines is 1. The van der Waals surface area contributed by atoms with Gasteiger partial charge in [0.15, 0.2) is 17.7 Å². The van der Waals surface area contributed by atoms with Gasteiger partial charge in [-0.2, -0.15) is 0 Å². The molecule has 0 aliphatic carbocycles. The Kier molecular flexibility index (Phi) is 7.13. The first-order chi connectivity index (χ1) is 22.0. The number of aliphatic hydroxyl groups is 2. The van der Waals surface area contributed by atoms with Crippen LogP contribution in [0.25, 0.3) is 11.6 Å². The highest BCUT2D eigenvalue weighted by Gasteiger charge is 2.61. The Hall–Kier alpha value is -4.75. The number of nitrogens with one attached hydrogen (secondary N) is 3. The molecule has 46 heavy (non-hydrogen) atoms. The maximum atomic E-state index is 15.1. The van der Waals surface area contributed by atoms with Crippen LogP contribution < -0.4 is 20.7 Å². The second-order valence-electron chi connectivity index (χ2n) is 12.7. The predicted molar refractivity (Wildman–Crippen MR) is 161 cm³/mol. The van der Waals surface area contributed by atoms with Crippen molar-refractivity contribution >= 4 is 17.5 Å². The Labute approximate surface area is 263 Å². The number of aliphatic hydroxyl groups excluding tert-OH is 2. The van der Waals surface area contributed by atoms with Gasteiger partial charge < -0.3 is 39.7 Å². The molecule has 4 bridgehead atoms. The number of oxazole rings is 2. The van der Waals surface area contributed by atoms with E-state index >= 15 is 4.39 Å². The first-order valence-corrected chi connectivity index (χ1v) is 15.2. The third-order valence-electron chi connectivity index (χ3n) is 8.92. The standard InChI is InChI=1S/C33H34FN5O7/c1-14(2)24-31-39-25(30-35-18(12-40)13-44-30)27(46-31)33-19-11-17(34)6-7-21(19)37-32(33)45-23-8-5-16(9-20(23)33)10-22(28(42)38-24)36-29(43)26(41)15(3)4/h5-9,11,13-15,22,24,26,32,37,40-41H,10,12H2,1-4H3,(H,36,43)(H,38,42). The lowest BCUT2D eigenvalue weighted by molar-refractivity contribution is -0.135. The summed E-state index contributed by atoms with van der Waals surface area (Å²) in [5, 5.41) is 29.3. The van der Waals surface area contributed by atoms with E-state index in [4.69, 9.17) is 18.6 Å². The van der Waals surface area contributed by atoms with Crippen LogP contribution in [0.2, 0.25) is 0 Å². The fourth-order valence-corrected chi connectivity index (χ4v) is 6.51. The first kappa shape index (κ1) is 29.9. The van der Waals surface area contributed by atoms with Crippen molar-refractivity contribution < 1.29 is 37.8 Å². The van der Waals surface area contributed by atoms with Crippen molar-refractivity contribution in [3.8, 4) is 17.3 Å². The van der Waals surface area contributed by atoms with Crippen LogP contribution in [0.1, 0.15) is 67.8 Å². The third kappa shape index (κ3) is 4.56. The number of hydrogen-bond donors (Lipinski definition) is 5. The fourth-order valence-electron chi connectivity index (χ4n) is 6.51. The topological polar surface area (TPSA) is 172 Å². The Morgan fingerprint density at radius 1 is 1.13 bits per heavy atom. The summed E-state index contributed by atoms with van der Waals surface area (Å²) in [5.41, 5.74) is 1.66. The van der Waals surface area contributed by atoms with Crippen molar-refractivity contribution in [1.29, 1.82) is 0 Å². The molecule has 5 heterocycles. The van der Waals surface area contributed by atoms with Gasteiger partial charge in [-0.05, 0) is 41.7 Å². The molecule has 2 amide bonds. The van der Waals surface area contributed by atoms with Crippen molar-refractivity contribution in [2.45, 2.75) is 70.6 Å². The van der Waals surface area contributed by atoms with Crippen molar-refractivity contribution in [3.05, 3.63) is 82.5 Å². The summed E-state index contributed by atoms with van der Waals surface area (Å²) in [6, 6.07) is 7.99. The quantitative estimate of drug-likeness (QED) is 0.213. The van der Waals surface area contributed by atoms with E-state index in [2.05, 4.69) is 20.9 Å². The maximum Gasteiger partial charge on any atom is 0.249 e. The number of halogens is 1. The summed E-state index contributed by atoms with van der Waals surface area (Å²) >= 11 is 0. The highest BCUT2D eigenvalue weighted by atomic mass is 19.1. The summed E-state index contributed by atoms with van der Waals surface area (Å²) < 4.78 is 34.0. The second kappa shape index (κ2) is 11.0. The molecule has 5 N–H and O–H groups in total. The lowest BCUT2D eigenvalue weighted by Gasteiger charge is -2.29. The highest BCUT2D eigenvalue weighted by Crippen LogP contribution is 2.59. The van der Waals surface area contributed by atoms with E-state index in [0.29, 0.717) is 28.1 Å². The number of hydrogen-bond acceptors (Lipinski definition) is 10. The van der Waals surface area contributed by atoms with Gasteiger partial charge in [-0.15, -0.1) is 0 Å². The number of amides is 2. The SMILES string of the molecule is CC(C)C(O)C(=O)NC1Cc2ccc3c(c2)C2(c4cc(F)ccc4NC2O3)c2oc(nc2-c2nc(CO)co2)C(C(C)C)NC1=O. The van der Waals surface area contributed by atoms with Crippen LogP contribution in [-0.4, -0.2) is 50.4 Å². The minimum atomic E-state index is -1.31. The summed E-state index contributed by atoms with van der Waals surface area (Å²) in [6.07, 6.45) is -0.698. The van der Waals surface area contributed by atoms with E-state index in [1.54, 1.807) is 32.0 Å². The van der Waals surface area contributed by atoms with Crippen molar-refractivity contribution in [2.24, 2.45) is 11.8 Å². The van der Waals surface area contributed by atoms with E-state index in [9.17, 15) is 19.8 Å². The number of carbonyl (C=O) groups excluding carboxylic acids is 2. The number of ether oxygens (including phenoxy) is 1. The zero-order valence-corrected chi connectivity index (χ0v) is 25.6.